The molecule has 0 radical (unpaired) electrons. The quantitative estimate of drug-likeness (QED) is 0.309. The zero-order valence-corrected chi connectivity index (χ0v) is 22.1. The van der Waals surface area contributed by atoms with Crippen molar-refractivity contribution in [1.82, 2.24) is 15.2 Å². The first-order valence-corrected chi connectivity index (χ1v) is 13.9. The monoisotopic (exact) mass is 556 g/mol. The number of carbonyl (C=O) groups excluding carboxylic acids is 2. The topological polar surface area (TPSA) is 128 Å². The summed E-state index contributed by atoms with van der Waals surface area (Å²) >= 11 is 5.10. The maximum absolute atomic E-state index is 12.4. The summed E-state index contributed by atoms with van der Waals surface area (Å²) in [6, 6.07) is 17.5. The lowest BCUT2D eigenvalue weighted by Gasteiger charge is -2.34. The number of rotatable bonds is 9. The van der Waals surface area contributed by atoms with Gasteiger partial charge < -0.3 is 14.7 Å². The summed E-state index contributed by atoms with van der Waals surface area (Å²) in [6.45, 7) is 2.43. The highest BCUT2D eigenvalue weighted by Crippen LogP contribution is 2.32. The van der Waals surface area contributed by atoms with E-state index < -0.39 is 22.4 Å². The van der Waals surface area contributed by atoms with Crippen LogP contribution in [0.4, 0.5) is 5.69 Å². The number of anilines is 1. The molecule has 12 heteroatoms. The maximum Gasteiger partial charge on any atom is 0.276 e. The van der Waals surface area contributed by atoms with Crippen LogP contribution in [0.1, 0.15) is 40.5 Å². The third-order valence-electron chi connectivity index (χ3n) is 5.58. The number of hydrogen-bond acceptors (Lipinski definition) is 9. The summed E-state index contributed by atoms with van der Waals surface area (Å²) in [4.78, 5) is 24.2. The van der Waals surface area contributed by atoms with E-state index in [0.717, 1.165) is 29.5 Å². The van der Waals surface area contributed by atoms with Gasteiger partial charge >= 0.3 is 0 Å². The maximum atomic E-state index is 12.4. The summed E-state index contributed by atoms with van der Waals surface area (Å²) in [5.74, 6) is -0.445. The van der Waals surface area contributed by atoms with E-state index in [0.29, 0.717) is 17.8 Å². The molecule has 1 aliphatic rings. The minimum Gasteiger partial charge on any atom is -0.772 e. The van der Waals surface area contributed by atoms with E-state index in [2.05, 4.69) is 15.5 Å². The van der Waals surface area contributed by atoms with Crippen LogP contribution >= 0.6 is 23.4 Å². The van der Waals surface area contributed by atoms with Gasteiger partial charge in [0.2, 0.25) is 0 Å². The summed E-state index contributed by atoms with van der Waals surface area (Å²) < 4.78 is 22.0. The van der Waals surface area contributed by atoms with Gasteiger partial charge in [-0.15, -0.1) is 22.0 Å². The van der Waals surface area contributed by atoms with Gasteiger partial charge in [-0.1, -0.05) is 66.0 Å². The van der Waals surface area contributed by atoms with E-state index in [1.54, 1.807) is 29.3 Å². The molecule has 0 saturated heterocycles. The lowest BCUT2D eigenvalue weighted by molar-refractivity contribution is -0.110. The molecule has 2 heterocycles. The predicted octanol–water partition coefficient (Wildman–Crippen LogP) is 4.02. The second-order valence-electron chi connectivity index (χ2n) is 8.18. The van der Waals surface area contributed by atoms with Crippen molar-refractivity contribution < 1.29 is 18.4 Å². The fourth-order valence-electron chi connectivity index (χ4n) is 3.74. The normalized spacial score (nSPS) is 18.1. The van der Waals surface area contributed by atoms with Crippen LogP contribution in [0.15, 0.2) is 65.8 Å². The molecule has 0 aliphatic carbocycles. The number of benzene rings is 2. The second kappa shape index (κ2) is 12.4. The van der Waals surface area contributed by atoms with E-state index in [-0.39, 0.29) is 21.8 Å². The minimum atomic E-state index is -2.15. The number of carbonyl (C=O) groups is 2. The molecule has 1 aliphatic heterocycles. The molecular weight excluding hydrogens is 534 g/mol. The van der Waals surface area contributed by atoms with Gasteiger partial charge in [0.05, 0.1) is 17.5 Å². The molecule has 1 aromatic heterocycles. The molecule has 0 spiro atoms. The molecule has 4 rings (SSSR count). The molecular formula is C25H23ClN5O4S2-. The molecule has 3 aromatic rings. The van der Waals surface area contributed by atoms with Gasteiger partial charge in [0.25, 0.3) is 5.91 Å². The molecule has 0 saturated carbocycles. The predicted molar refractivity (Wildman–Crippen MR) is 144 cm³/mol. The summed E-state index contributed by atoms with van der Waals surface area (Å²) in [5, 5.41) is 16.6. The molecule has 1 N–H and O–H groups in total. The summed E-state index contributed by atoms with van der Waals surface area (Å²) in [5.41, 5.74) is 4.06. The van der Waals surface area contributed by atoms with Gasteiger partial charge in [-0.3, -0.25) is 14.0 Å². The first-order chi connectivity index (χ1) is 17.9. The van der Waals surface area contributed by atoms with Crippen LogP contribution in [-0.4, -0.2) is 52.5 Å². The van der Waals surface area contributed by atoms with Crippen molar-refractivity contribution in [3.8, 4) is 0 Å². The number of amides is 1. The molecule has 2 aromatic carbocycles. The third kappa shape index (κ3) is 7.01. The van der Waals surface area contributed by atoms with Crippen LogP contribution in [0.2, 0.25) is 5.15 Å². The van der Waals surface area contributed by atoms with E-state index in [9.17, 15) is 18.4 Å². The highest BCUT2D eigenvalue weighted by molar-refractivity contribution is 8.01. The van der Waals surface area contributed by atoms with E-state index >= 15 is 0 Å². The number of aromatic nitrogens is 2. The van der Waals surface area contributed by atoms with Gasteiger partial charge in [0.1, 0.15) is 5.37 Å². The molecule has 0 fully saturated rings. The zero-order valence-electron chi connectivity index (χ0n) is 19.7. The van der Waals surface area contributed by atoms with Gasteiger partial charge in [-0.25, -0.2) is 0 Å². The third-order valence-corrected chi connectivity index (χ3v) is 7.87. The molecule has 1 amide bonds. The SMILES string of the molecule is CCC1SC(C=O)N(Cc2ccc(NC(=O)c3ccc(Cl)nn3)cc2)N=C1c1ccc(CS(=O)[O-])cc1. The molecule has 3 unspecified atom stereocenters. The Morgan fingerprint density at radius 1 is 1.11 bits per heavy atom. The first kappa shape index (κ1) is 26.9. The van der Waals surface area contributed by atoms with Crippen LogP contribution in [0.5, 0.6) is 0 Å². The second-order valence-corrected chi connectivity index (χ2v) is 10.8. The van der Waals surface area contributed by atoms with Crippen LogP contribution in [0.3, 0.4) is 0 Å². The van der Waals surface area contributed by atoms with E-state index in [1.807, 2.05) is 31.2 Å². The number of nitrogens with one attached hydrogen (secondary N) is 1. The van der Waals surface area contributed by atoms with Gasteiger partial charge in [-0.2, -0.15) is 5.10 Å². The highest BCUT2D eigenvalue weighted by Gasteiger charge is 2.31. The van der Waals surface area contributed by atoms with Gasteiger partial charge in [0.15, 0.2) is 17.1 Å². The van der Waals surface area contributed by atoms with Crippen molar-refractivity contribution in [2.75, 3.05) is 5.32 Å². The van der Waals surface area contributed by atoms with E-state index in [1.165, 1.54) is 23.9 Å². The summed E-state index contributed by atoms with van der Waals surface area (Å²) in [6.07, 6.45) is 1.68. The Morgan fingerprint density at radius 2 is 1.81 bits per heavy atom. The highest BCUT2D eigenvalue weighted by atomic mass is 35.5. The number of thioether (sulfide) groups is 1. The van der Waals surface area contributed by atoms with Crippen molar-refractivity contribution in [3.63, 3.8) is 0 Å². The van der Waals surface area contributed by atoms with Gasteiger partial charge in [-0.05, 0) is 47.4 Å². The molecule has 37 heavy (non-hydrogen) atoms. The Hall–Kier alpha value is -3.12. The van der Waals surface area contributed by atoms with Gasteiger partial charge in [0, 0.05) is 11.4 Å². The van der Waals surface area contributed by atoms with Crippen molar-refractivity contribution >= 4 is 58.0 Å². The first-order valence-electron chi connectivity index (χ1n) is 11.4. The van der Waals surface area contributed by atoms with E-state index in [4.69, 9.17) is 16.7 Å². The van der Waals surface area contributed by atoms with Crippen molar-refractivity contribution in [1.29, 1.82) is 0 Å². The Labute approximate surface area is 226 Å². The Kier molecular flexibility index (Phi) is 9.04. The van der Waals surface area contributed by atoms with Crippen molar-refractivity contribution in [2.45, 2.75) is 36.3 Å². The average molecular weight is 557 g/mol. The Morgan fingerprint density at radius 3 is 2.41 bits per heavy atom. The van der Waals surface area contributed by atoms with Crippen LogP contribution < -0.4 is 5.32 Å². The fraction of sp³-hybridized carbons (Fsp3) is 0.240. The largest absolute Gasteiger partial charge is 0.772 e. The van der Waals surface area contributed by atoms with Crippen molar-refractivity contribution in [3.05, 3.63) is 88.2 Å². The molecule has 0 bridgehead atoms. The number of hydrazone groups is 1. The van der Waals surface area contributed by atoms with Crippen LogP contribution in [0, 0.1) is 0 Å². The Bertz CT molecular complexity index is 1300. The lowest BCUT2D eigenvalue weighted by atomic mass is 10.0. The number of halogens is 1. The molecule has 9 nitrogen and oxygen atoms in total. The zero-order chi connectivity index (χ0) is 26.4. The average Bonchev–Trinajstić information content (AvgIpc) is 2.90. The Balaban J connectivity index is 1.50. The van der Waals surface area contributed by atoms with Crippen LogP contribution in [0.25, 0.3) is 0 Å². The molecule has 3 atom stereocenters. The number of nitrogens with zero attached hydrogens (tertiary/aromatic N) is 4. The van der Waals surface area contributed by atoms with Crippen molar-refractivity contribution in [2.24, 2.45) is 5.10 Å². The summed E-state index contributed by atoms with van der Waals surface area (Å²) in [7, 11) is 0. The van der Waals surface area contributed by atoms with Crippen LogP contribution in [-0.2, 0) is 28.2 Å². The number of hydrogen-bond donors (Lipinski definition) is 1. The standard InChI is InChI=1S/C25H24ClN5O4S2/c1-2-21-24(18-7-3-17(4-8-18)15-37(34)35)30-31(23(14-32)36-21)13-16-5-9-19(10-6-16)27-25(33)20-11-12-22(26)29-28-20/h3-12,14,21,23H,2,13,15H2,1H3,(H,27,33)(H,34,35)/p-1. The number of aldehydes is 1. The smallest absolute Gasteiger partial charge is 0.276 e. The minimum absolute atomic E-state index is 0.0273. The fourth-order valence-corrected chi connectivity index (χ4v) is 5.48. The molecule has 192 valence electrons. The lowest BCUT2D eigenvalue weighted by Crippen LogP contribution is -2.39.